The molecule has 0 amide bonds. The van der Waals surface area contributed by atoms with Gasteiger partial charge in [0.1, 0.15) is 0 Å². The molecule has 1 heterocycles. The number of esters is 1. The SMILES string of the molecule is CC(=O)OCS(=O)(=O)c1ccc(-c2[nH]nc(Cl)c2-c2ccc(Cl)cc2)cc1. The number of rotatable bonds is 5. The fourth-order valence-electron chi connectivity index (χ4n) is 2.47. The molecule has 0 aliphatic carbocycles. The number of carbonyl (C=O) groups excluding carboxylic acids is 1. The highest BCUT2D eigenvalue weighted by Gasteiger charge is 2.19. The summed E-state index contributed by atoms with van der Waals surface area (Å²) in [4.78, 5) is 10.9. The van der Waals surface area contributed by atoms with Crippen LogP contribution in [0.15, 0.2) is 53.4 Å². The second-order valence-electron chi connectivity index (χ2n) is 5.66. The van der Waals surface area contributed by atoms with E-state index in [1.807, 2.05) is 12.1 Å². The van der Waals surface area contributed by atoms with Crippen LogP contribution in [0.4, 0.5) is 0 Å². The summed E-state index contributed by atoms with van der Waals surface area (Å²) in [5.41, 5.74) is 2.85. The summed E-state index contributed by atoms with van der Waals surface area (Å²) >= 11 is 12.2. The molecular weight excluding hydrogens is 411 g/mol. The fourth-order valence-corrected chi connectivity index (χ4v) is 3.85. The number of nitrogens with one attached hydrogen (secondary N) is 1. The van der Waals surface area contributed by atoms with Crippen LogP contribution >= 0.6 is 23.2 Å². The number of ether oxygens (including phenoxy) is 1. The number of benzene rings is 2. The second kappa shape index (κ2) is 7.72. The third-order valence-electron chi connectivity index (χ3n) is 3.77. The van der Waals surface area contributed by atoms with Gasteiger partial charge in [0.15, 0.2) is 11.1 Å². The number of aromatic amines is 1. The van der Waals surface area contributed by atoms with Crippen molar-refractivity contribution in [2.24, 2.45) is 0 Å². The van der Waals surface area contributed by atoms with Gasteiger partial charge in [0, 0.05) is 23.1 Å². The summed E-state index contributed by atoms with van der Waals surface area (Å²) in [6.45, 7) is 1.15. The molecule has 27 heavy (non-hydrogen) atoms. The van der Waals surface area contributed by atoms with Crippen molar-refractivity contribution >= 4 is 39.0 Å². The van der Waals surface area contributed by atoms with Crippen molar-refractivity contribution in [3.05, 3.63) is 58.7 Å². The van der Waals surface area contributed by atoms with E-state index < -0.39 is 21.7 Å². The molecule has 0 atom stereocenters. The van der Waals surface area contributed by atoms with Gasteiger partial charge in [-0.15, -0.1) is 0 Å². The lowest BCUT2D eigenvalue weighted by Crippen LogP contribution is -2.12. The van der Waals surface area contributed by atoms with Gasteiger partial charge in [0.25, 0.3) is 0 Å². The van der Waals surface area contributed by atoms with E-state index in [1.165, 1.54) is 12.1 Å². The zero-order chi connectivity index (χ0) is 19.6. The van der Waals surface area contributed by atoms with Gasteiger partial charge in [-0.05, 0) is 29.8 Å². The minimum absolute atomic E-state index is 0.0474. The maximum Gasteiger partial charge on any atom is 0.303 e. The topological polar surface area (TPSA) is 89.1 Å². The Balaban J connectivity index is 1.95. The zero-order valence-electron chi connectivity index (χ0n) is 14.1. The Labute approximate surface area is 166 Å². The van der Waals surface area contributed by atoms with Crippen LogP contribution < -0.4 is 0 Å². The van der Waals surface area contributed by atoms with Crippen LogP contribution in [0.1, 0.15) is 6.92 Å². The van der Waals surface area contributed by atoms with Gasteiger partial charge in [-0.25, -0.2) is 8.42 Å². The lowest BCUT2D eigenvalue weighted by Gasteiger charge is -2.07. The number of halogens is 2. The summed E-state index contributed by atoms with van der Waals surface area (Å²) in [6.07, 6.45) is 0. The molecule has 0 spiro atoms. The van der Waals surface area contributed by atoms with Crippen molar-refractivity contribution in [2.75, 3.05) is 5.94 Å². The number of hydrogen-bond donors (Lipinski definition) is 1. The Morgan fingerprint density at radius 2 is 1.63 bits per heavy atom. The van der Waals surface area contributed by atoms with Crippen LogP contribution in [-0.2, 0) is 19.4 Å². The van der Waals surface area contributed by atoms with Gasteiger partial charge in [0.2, 0.25) is 9.84 Å². The lowest BCUT2D eigenvalue weighted by atomic mass is 10.0. The number of H-pyrrole nitrogens is 1. The van der Waals surface area contributed by atoms with E-state index in [4.69, 9.17) is 23.2 Å². The monoisotopic (exact) mass is 424 g/mol. The largest absolute Gasteiger partial charge is 0.449 e. The van der Waals surface area contributed by atoms with Crippen LogP contribution in [0.2, 0.25) is 10.2 Å². The van der Waals surface area contributed by atoms with Gasteiger partial charge >= 0.3 is 5.97 Å². The van der Waals surface area contributed by atoms with Crippen molar-refractivity contribution in [2.45, 2.75) is 11.8 Å². The van der Waals surface area contributed by atoms with E-state index >= 15 is 0 Å². The highest BCUT2D eigenvalue weighted by atomic mass is 35.5. The van der Waals surface area contributed by atoms with Crippen molar-refractivity contribution in [3.8, 4) is 22.4 Å². The minimum atomic E-state index is -3.73. The molecule has 9 heteroatoms. The summed E-state index contributed by atoms with van der Waals surface area (Å²) in [6, 6.07) is 13.3. The average Bonchev–Trinajstić information content (AvgIpc) is 3.02. The molecule has 0 fully saturated rings. The summed E-state index contributed by atoms with van der Waals surface area (Å²) in [5.74, 6) is -1.36. The Hall–Kier alpha value is -2.35. The Kier molecular flexibility index (Phi) is 5.55. The number of sulfone groups is 1. The summed E-state index contributed by atoms with van der Waals surface area (Å²) < 4.78 is 29.0. The molecule has 0 bridgehead atoms. The highest BCUT2D eigenvalue weighted by molar-refractivity contribution is 7.91. The average molecular weight is 425 g/mol. The maximum atomic E-state index is 12.2. The molecule has 0 radical (unpaired) electrons. The summed E-state index contributed by atoms with van der Waals surface area (Å²) in [7, 11) is -3.73. The fraction of sp³-hybridized carbons (Fsp3) is 0.111. The van der Waals surface area contributed by atoms with E-state index in [0.29, 0.717) is 27.0 Å². The summed E-state index contributed by atoms with van der Waals surface area (Å²) in [5, 5.41) is 7.80. The molecule has 3 aromatic rings. The van der Waals surface area contributed by atoms with Crippen molar-refractivity contribution in [3.63, 3.8) is 0 Å². The maximum absolute atomic E-state index is 12.2. The molecule has 6 nitrogen and oxygen atoms in total. The predicted molar refractivity (Wildman–Crippen MR) is 103 cm³/mol. The van der Waals surface area contributed by atoms with Crippen LogP contribution in [0.3, 0.4) is 0 Å². The van der Waals surface area contributed by atoms with Crippen LogP contribution in [-0.4, -0.2) is 30.5 Å². The predicted octanol–water partition coefficient (Wildman–Crippen LogP) is 4.34. The van der Waals surface area contributed by atoms with Crippen molar-refractivity contribution in [1.82, 2.24) is 10.2 Å². The van der Waals surface area contributed by atoms with Gasteiger partial charge in [0.05, 0.1) is 10.6 Å². The molecule has 0 saturated carbocycles. The molecule has 0 aliphatic rings. The minimum Gasteiger partial charge on any atom is -0.449 e. The molecule has 140 valence electrons. The molecule has 1 aromatic heterocycles. The molecule has 0 unspecified atom stereocenters. The quantitative estimate of drug-likeness (QED) is 0.615. The third-order valence-corrected chi connectivity index (χ3v) is 5.72. The number of carbonyl (C=O) groups is 1. The number of nitrogens with zero attached hydrogens (tertiary/aromatic N) is 1. The van der Waals surface area contributed by atoms with E-state index in [2.05, 4.69) is 14.9 Å². The van der Waals surface area contributed by atoms with Gasteiger partial charge in [-0.3, -0.25) is 9.89 Å². The normalized spacial score (nSPS) is 11.4. The first-order chi connectivity index (χ1) is 12.8. The lowest BCUT2D eigenvalue weighted by molar-refractivity contribution is -0.138. The first-order valence-electron chi connectivity index (χ1n) is 7.74. The standard InChI is InChI=1S/C18H14Cl2N2O4S/c1-11(23)26-10-27(24,25)15-8-4-13(5-9-15)17-16(18(20)22-21-17)12-2-6-14(19)7-3-12/h2-9H,10H2,1H3,(H,21,22). The highest BCUT2D eigenvalue weighted by Crippen LogP contribution is 2.36. The molecule has 3 rings (SSSR count). The van der Waals surface area contributed by atoms with E-state index in [0.717, 1.165) is 12.5 Å². The second-order valence-corrected chi connectivity index (χ2v) is 8.40. The zero-order valence-corrected chi connectivity index (χ0v) is 16.4. The number of hydrogen-bond acceptors (Lipinski definition) is 5. The van der Waals surface area contributed by atoms with Gasteiger partial charge < -0.3 is 4.74 Å². The van der Waals surface area contributed by atoms with Crippen molar-refractivity contribution in [1.29, 1.82) is 0 Å². The first kappa shape index (κ1) is 19.4. The third kappa shape index (κ3) is 4.32. The van der Waals surface area contributed by atoms with Gasteiger partial charge in [-0.2, -0.15) is 5.10 Å². The van der Waals surface area contributed by atoms with E-state index in [9.17, 15) is 13.2 Å². The Morgan fingerprint density at radius 3 is 2.22 bits per heavy atom. The van der Waals surface area contributed by atoms with Crippen LogP contribution in [0.25, 0.3) is 22.4 Å². The Morgan fingerprint density at radius 1 is 1.04 bits per heavy atom. The van der Waals surface area contributed by atoms with Crippen LogP contribution in [0, 0.1) is 0 Å². The number of aromatic nitrogens is 2. The molecule has 0 aliphatic heterocycles. The van der Waals surface area contributed by atoms with E-state index in [-0.39, 0.29) is 4.90 Å². The smallest absolute Gasteiger partial charge is 0.303 e. The first-order valence-corrected chi connectivity index (χ1v) is 10.1. The molecular formula is C18H14Cl2N2O4S. The molecule has 1 N–H and O–H groups in total. The van der Waals surface area contributed by atoms with Crippen LogP contribution in [0.5, 0.6) is 0 Å². The molecule has 0 saturated heterocycles. The molecule has 2 aromatic carbocycles. The Bertz CT molecular complexity index is 1080. The van der Waals surface area contributed by atoms with Gasteiger partial charge in [-0.1, -0.05) is 47.5 Å². The van der Waals surface area contributed by atoms with E-state index in [1.54, 1.807) is 24.3 Å². The van der Waals surface area contributed by atoms with Crippen molar-refractivity contribution < 1.29 is 17.9 Å².